The lowest BCUT2D eigenvalue weighted by molar-refractivity contribution is 0.285. The van der Waals surface area contributed by atoms with Crippen molar-refractivity contribution in [3.8, 4) is 0 Å². The quantitative estimate of drug-likeness (QED) is 0.477. The maximum atomic E-state index is 8.09. The highest BCUT2D eigenvalue weighted by molar-refractivity contribution is 4.34. The van der Waals surface area contributed by atoms with Crippen molar-refractivity contribution in [3.63, 3.8) is 0 Å². The molecule has 0 heterocycles. The van der Waals surface area contributed by atoms with Crippen LogP contribution in [0.1, 0.15) is 12.8 Å². The molecule has 2 radical (unpaired) electrons. The summed E-state index contributed by atoms with van der Waals surface area (Å²) in [6.07, 6.45) is 1.44. The third-order valence-electron chi connectivity index (χ3n) is 0.566. The molecule has 1 N–H and O–H groups in total. The molecule has 0 amide bonds. The van der Waals surface area contributed by atoms with E-state index in [4.69, 9.17) is 10.8 Å². The molecular weight excluding hydrogens is 78.0 g/mol. The van der Waals surface area contributed by atoms with Gasteiger partial charge in [-0.3, -0.25) is 0 Å². The largest absolute Gasteiger partial charge is 0.396 e. The summed E-state index contributed by atoms with van der Waals surface area (Å²) < 4.78 is 0. The van der Waals surface area contributed by atoms with Crippen molar-refractivity contribution in [2.45, 2.75) is 12.8 Å². The van der Waals surface area contributed by atoms with E-state index < -0.39 is 0 Å². The van der Waals surface area contributed by atoms with Crippen LogP contribution in [0.3, 0.4) is 0 Å². The van der Waals surface area contributed by atoms with Crippen LogP contribution in [0, 0.1) is 0 Å². The molecular formula is C4H9NO. The summed E-state index contributed by atoms with van der Waals surface area (Å²) in [5.41, 5.74) is 8.09. The van der Waals surface area contributed by atoms with Gasteiger partial charge >= 0.3 is 0 Å². The Kier molecular flexibility index (Phi) is 4.85. The predicted octanol–water partition coefficient (Wildman–Crippen LogP) is -0.172. The van der Waals surface area contributed by atoms with Crippen LogP contribution >= 0.6 is 0 Å². The van der Waals surface area contributed by atoms with Crippen LogP contribution < -0.4 is 5.73 Å². The average Bonchev–Trinajstić information content (AvgIpc) is 1.61. The molecule has 0 fully saturated rings. The molecule has 6 heavy (non-hydrogen) atoms. The van der Waals surface area contributed by atoms with Crippen molar-refractivity contribution in [1.82, 2.24) is 5.73 Å². The number of unbranched alkanes of at least 4 members (excludes halogenated alkanes) is 1. The number of rotatable bonds is 3. The van der Waals surface area contributed by atoms with Crippen molar-refractivity contribution >= 4 is 0 Å². The second-order valence-corrected chi connectivity index (χ2v) is 1.15. The van der Waals surface area contributed by atoms with Gasteiger partial charge in [0, 0.05) is 13.2 Å². The Hall–Kier alpha value is -0.0800. The lowest BCUT2D eigenvalue weighted by Gasteiger charge is -1.84. The van der Waals surface area contributed by atoms with Gasteiger partial charge < -0.3 is 5.11 Å². The zero-order valence-electron chi connectivity index (χ0n) is 3.72. The lowest BCUT2D eigenvalue weighted by Crippen LogP contribution is -1.87. The highest BCUT2D eigenvalue weighted by Gasteiger charge is 1.78. The lowest BCUT2D eigenvalue weighted by atomic mass is 10.3. The van der Waals surface area contributed by atoms with Gasteiger partial charge in [0.25, 0.3) is 0 Å². The van der Waals surface area contributed by atoms with Gasteiger partial charge in [-0.2, -0.15) is 0 Å². The van der Waals surface area contributed by atoms with Crippen molar-refractivity contribution in [1.29, 1.82) is 0 Å². The van der Waals surface area contributed by atoms with Crippen LogP contribution in [0.2, 0.25) is 0 Å². The summed E-state index contributed by atoms with van der Waals surface area (Å²) in [4.78, 5) is 0. The van der Waals surface area contributed by atoms with Gasteiger partial charge in [0.15, 0.2) is 0 Å². The van der Waals surface area contributed by atoms with E-state index in [1.54, 1.807) is 0 Å². The first-order valence-electron chi connectivity index (χ1n) is 2.13. The summed E-state index contributed by atoms with van der Waals surface area (Å²) >= 11 is 0. The molecule has 0 saturated carbocycles. The summed E-state index contributed by atoms with van der Waals surface area (Å²) in [5, 5.41) is 8.09. The van der Waals surface area contributed by atoms with Crippen molar-refractivity contribution in [3.05, 3.63) is 0 Å². The topological polar surface area (TPSA) is 42.5 Å². The summed E-state index contributed by atoms with van der Waals surface area (Å²) in [7, 11) is 0. The Labute approximate surface area is 38.0 Å². The highest BCUT2D eigenvalue weighted by Crippen LogP contribution is 1.80. The Bertz CT molecular complexity index is 19.5. The maximum absolute atomic E-state index is 8.09. The van der Waals surface area contributed by atoms with E-state index in [0.717, 1.165) is 12.8 Å². The molecule has 0 saturated heterocycles. The van der Waals surface area contributed by atoms with Crippen LogP contribution in [0.5, 0.6) is 0 Å². The number of nitrogens with zero attached hydrogens (tertiary/aromatic N) is 1. The minimum Gasteiger partial charge on any atom is -0.396 e. The third-order valence-corrected chi connectivity index (χ3v) is 0.566. The first-order valence-corrected chi connectivity index (χ1v) is 2.13. The molecule has 0 aliphatic heterocycles. The van der Waals surface area contributed by atoms with Crippen LogP contribution in [0.4, 0.5) is 0 Å². The summed E-state index contributed by atoms with van der Waals surface area (Å²) in [6.45, 7) is 0.390. The van der Waals surface area contributed by atoms with Gasteiger partial charge in [0.2, 0.25) is 0 Å². The SMILES string of the molecule is [N]CCCCO. The van der Waals surface area contributed by atoms with Crippen molar-refractivity contribution in [2.75, 3.05) is 13.2 Å². The number of hydrogen-bond donors (Lipinski definition) is 1. The van der Waals surface area contributed by atoms with Gasteiger partial charge in [-0.15, -0.1) is 5.73 Å². The molecule has 0 unspecified atom stereocenters. The van der Waals surface area contributed by atoms with E-state index in [9.17, 15) is 0 Å². The van der Waals surface area contributed by atoms with Gasteiger partial charge in [-0.25, -0.2) is 0 Å². The van der Waals surface area contributed by atoms with Crippen molar-refractivity contribution in [2.24, 2.45) is 0 Å². The van der Waals surface area contributed by atoms with E-state index in [2.05, 4.69) is 0 Å². The van der Waals surface area contributed by atoms with Crippen molar-refractivity contribution < 1.29 is 5.11 Å². The Morgan fingerprint density at radius 3 is 2.17 bits per heavy atom. The molecule has 0 aromatic rings. The smallest absolute Gasteiger partial charge is 0.0431 e. The fourth-order valence-corrected chi connectivity index (χ4v) is 0.224. The van der Waals surface area contributed by atoms with Crippen LogP contribution in [0.15, 0.2) is 0 Å². The molecule has 0 aliphatic carbocycles. The molecule has 0 spiro atoms. The number of aliphatic hydroxyl groups is 1. The molecule has 0 aliphatic rings. The Morgan fingerprint density at radius 1 is 1.33 bits per heavy atom. The van der Waals surface area contributed by atoms with Crippen LogP contribution in [0.25, 0.3) is 0 Å². The fraction of sp³-hybridized carbons (Fsp3) is 1.00. The maximum Gasteiger partial charge on any atom is 0.0431 e. The zero-order valence-corrected chi connectivity index (χ0v) is 3.72. The molecule has 2 nitrogen and oxygen atoms in total. The monoisotopic (exact) mass is 87.1 g/mol. The molecule has 0 aromatic carbocycles. The first-order chi connectivity index (χ1) is 2.91. The van der Waals surface area contributed by atoms with Gasteiger partial charge in [-0.1, -0.05) is 0 Å². The minimum atomic E-state index is 0.195. The van der Waals surface area contributed by atoms with E-state index >= 15 is 0 Å². The van der Waals surface area contributed by atoms with Gasteiger partial charge in [0.1, 0.15) is 0 Å². The number of hydrogen-bond acceptors (Lipinski definition) is 1. The average molecular weight is 87.1 g/mol. The summed E-state index contributed by atoms with van der Waals surface area (Å²) in [5.74, 6) is 0. The minimum absolute atomic E-state index is 0.195. The van der Waals surface area contributed by atoms with Crippen LogP contribution in [-0.2, 0) is 0 Å². The van der Waals surface area contributed by atoms with E-state index in [1.807, 2.05) is 0 Å². The van der Waals surface area contributed by atoms with E-state index in [1.165, 1.54) is 0 Å². The summed E-state index contributed by atoms with van der Waals surface area (Å²) in [6, 6.07) is 0. The Morgan fingerprint density at radius 2 is 2.00 bits per heavy atom. The van der Waals surface area contributed by atoms with Gasteiger partial charge in [-0.05, 0) is 12.8 Å². The fourth-order valence-electron chi connectivity index (χ4n) is 0.224. The standard InChI is InChI=1S/C4H9NO/c5-3-1-2-4-6/h6H,1-4H2. The molecule has 0 aromatic heterocycles. The van der Waals surface area contributed by atoms with Crippen LogP contribution in [-0.4, -0.2) is 18.3 Å². The van der Waals surface area contributed by atoms with Gasteiger partial charge in [0.05, 0.1) is 0 Å². The molecule has 0 atom stereocenters. The molecule has 36 valence electrons. The predicted molar refractivity (Wildman–Crippen MR) is 23.3 cm³/mol. The molecule has 2 heteroatoms. The molecule has 0 rings (SSSR count). The normalized spacial score (nSPS) is 9.00. The molecule has 0 bridgehead atoms. The zero-order chi connectivity index (χ0) is 4.83. The first kappa shape index (κ1) is 5.92. The highest BCUT2D eigenvalue weighted by atomic mass is 16.2. The second kappa shape index (κ2) is 4.92. The van der Waals surface area contributed by atoms with E-state index in [-0.39, 0.29) is 13.2 Å². The van der Waals surface area contributed by atoms with E-state index in [0.29, 0.717) is 0 Å². The number of aliphatic hydroxyl groups excluding tert-OH is 1. The third kappa shape index (κ3) is 3.92. The second-order valence-electron chi connectivity index (χ2n) is 1.15. The Balaban J connectivity index is 2.34.